The maximum absolute atomic E-state index is 11.7. The standard InChI is InChI=1S/C20H25ClN4OS/c1-22-19(26)16-5-3-4-15(14-16)10-11-24-20(23-2)25-12-13-27-18-8-6-17(21)7-9-18/h3-9,14H,10-13H2,1-2H3,(H,22,26)(H2,23,24,25). The van der Waals surface area contributed by atoms with Crippen LogP contribution in [0, 0.1) is 0 Å². The van der Waals surface area contributed by atoms with Crippen LogP contribution in [0.15, 0.2) is 58.4 Å². The Labute approximate surface area is 170 Å². The van der Waals surface area contributed by atoms with E-state index in [0.717, 1.165) is 41.8 Å². The van der Waals surface area contributed by atoms with Gasteiger partial charge < -0.3 is 16.0 Å². The molecular formula is C20H25ClN4OS. The quantitative estimate of drug-likeness (QED) is 0.273. The summed E-state index contributed by atoms with van der Waals surface area (Å²) in [5.74, 6) is 1.63. The predicted molar refractivity (Wildman–Crippen MR) is 115 cm³/mol. The average molecular weight is 405 g/mol. The highest BCUT2D eigenvalue weighted by molar-refractivity contribution is 7.99. The van der Waals surface area contributed by atoms with Crippen LogP contribution in [0.1, 0.15) is 15.9 Å². The summed E-state index contributed by atoms with van der Waals surface area (Å²) < 4.78 is 0. The third kappa shape index (κ3) is 7.53. The van der Waals surface area contributed by atoms with E-state index in [0.29, 0.717) is 5.56 Å². The number of carbonyl (C=O) groups excluding carboxylic acids is 1. The normalized spacial score (nSPS) is 11.1. The molecule has 27 heavy (non-hydrogen) atoms. The fraction of sp³-hybridized carbons (Fsp3) is 0.300. The van der Waals surface area contributed by atoms with Crippen LogP contribution in [-0.2, 0) is 6.42 Å². The first-order chi connectivity index (χ1) is 13.1. The van der Waals surface area contributed by atoms with Crippen LogP contribution in [0.4, 0.5) is 0 Å². The molecule has 5 nitrogen and oxygen atoms in total. The van der Waals surface area contributed by atoms with Crippen LogP contribution in [0.25, 0.3) is 0 Å². The Bertz CT molecular complexity index is 765. The number of nitrogens with one attached hydrogen (secondary N) is 3. The highest BCUT2D eigenvalue weighted by atomic mass is 35.5. The number of hydrogen-bond donors (Lipinski definition) is 3. The minimum atomic E-state index is -0.0690. The number of halogens is 1. The lowest BCUT2D eigenvalue weighted by Gasteiger charge is -2.12. The van der Waals surface area contributed by atoms with E-state index in [1.165, 1.54) is 4.90 Å². The van der Waals surface area contributed by atoms with Crippen LogP contribution in [0.2, 0.25) is 5.02 Å². The van der Waals surface area contributed by atoms with Gasteiger partial charge >= 0.3 is 0 Å². The van der Waals surface area contributed by atoms with Gasteiger partial charge in [-0.25, -0.2) is 0 Å². The minimum absolute atomic E-state index is 0.0690. The van der Waals surface area contributed by atoms with E-state index in [-0.39, 0.29) is 5.91 Å². The van der Waals surface area contributed by atoms with E-state index in [4.69, 9.17) is 11.6 Å². The van der Waals surface area contributed by atoms with Gasteiger partial charge in [-0.05, 0) is 48.4 Å². The second-order valence-corrected chi connectivity index (χ2v) is 7.36. The summed E-state index contributed by atoms with van der Waals surface area (Å²) in [6.45, 7) is 1.54. The monoisotopic (exact) mass is 404 g/mol. The van der Waals surface area contributed by atoms with E-state index >= 15 is 0 Å². The molecule has 0 aliphatic heterocycles. The molecule has 2 aromatic rings. The molecule has 0 radical (unpaired) electrons. The van der Waals surface area contributed by atoms with Crippen molar-refractivity contribution in [3.8, 4) is 0 Å². The summed E-state index contributed by atoms with van der Waals surface area (Å²) in [6.07, 6.45) is 0.811. The molecule has 0 aromatic heterocycles. The Hall–Kier alpha value is -2.18. The molecule has 1 amide bonds. The van der Waals surface area contributed by atoms with E-state index in [2.05, 4.69) is 20.9 Å². The maximum atomic E-state index is 11.7. The lowest BCUT2D eigenvalue weighted by atomic mass is 10.1. The number of rotatable bonds is 8. The smallest absolute Gasteiger partial charge is 0.251 e. The first-order valence-electron chi connectivity index (χ1n) is 8.76. The van der Waals surface area contributed by atoms with Gasteiger partial charge in [-0.2, -0.15) is 0 Å². The molecule has 0 fully saturated rings. The van der Waals surface area contributed by atoms with Crippen LogP contribution in [0.3, 0.4) is 0 Å². The van der Waals surface area contributed by atoms with Crippen molar-refractivity contribution >= 4 is 35.2 Å². The highest BCUT2D eigenvalue weighted by Gasteiger charge is 2.04. The highest BCUT2D eigenvalue weighted by Crippen LogP contribution is 2.19. The lowest BCUT2D eigenvalue weighted by molar-refractivity contribution is 0.0963. The summed E-state index contributed by atoms with van der Waals surface area (Å²) in [7, 11) is 3.39. The molecule has 0 atom stereocenters. The van der Waals surface area contributed by atoms with Crippen LogP contribution in [0.5, 0.6) is 0 Å². The zero-order valence-electron chi connectivity index (χ0n) is 15.6. The summed E-state index contributed by atoms with van der Waals surface area (Å²) in [5.41, 5.74) is 1.79. The molecule has 0 spiro atoms. The lowest BCUT2D eigenvalue weighted by Crippen LogP contribution is -2.39. The molecule has 2 aromatic carbocycles. The van der Waals surface area contributed by atoms with Crippen molar-refractivity contribution in [2.45, 2.75) is 11.3 Å². The topological polar surface area (TPSA) is 65.5 Å². The predicted octanol–water partition coefficient (Wildman–Crippen LogP) is 3.20. The number of guanidine groups is 1. The van der Waals surface area contributed by atoms with Gasteiger partial charge in [0.2, 0.25) is 0 Å². The van der Waals surface area contributed by atoms with Gasteiger partial charge in [-0.1, -0.05) is 23.7 Å². The largest absolute Gasteiger partial charge is 0.356 e. The first-order valence-corrected chi connectivity index (χ1v) is 10.1. The second-order valence-electron chi connectivity index (χ2n) is 5.76. The number of benzene rings is 2. The van der Waals surface area contributed by atoms with Crippen molar-refractivity contribution in [3.63, 3.8) is 0 Å². The van der Waals surface area contributed by atoms with E-state index in [9.17, 15) is 4.79 Å². The molecule has 0 aliphatic carbocycles. The van der Waals surface area contributed by atoms with Crippen molar-refractivity contribution in [3.05, 3.63) is 64.7 Å². The molecule has 7 heteroatoms. The van der Waals surface area contributed by atoms with E-state index in [1.54, 1.807) is 25.9 Å². The van der Waals surface area contributed by atoms with Gasteiger partial charge in [-0.15, -0.1) is 11.8 Å². The van der Waals surface area contributed by atoms with Crippen LogP contribution in [-0.4, -0.2) is 44.8 Å². The molecule has 3 N–H and O–H groups in total. The van der Waals surface area contributed by atoms with E-state index in [1.807, 2.05) is 48.5 Å². The summed E-state index contributed by atoms with van der Waals surface area (Å²) in [6, 6.07) is 15.5. The fourth-order valence-corrected chi connectivity index (χ4v) is 3.32. The van der Waals surface area contributed by atoms with Gasteiger partial charge in [0, 0.05) is 48.4 Å². The molecule has 2 rings (SSSR count). The number of aliphatic imine (C=N–C) groups is 1. The van der Waals surface area contributed by atoms with Crippen molar-refractivity contribution in [2.24, 2.45) is 4.99 Å². The molecule has 0 saturated heterocycles. The third-order valence-electron chi connectivity index (χ3n) is 3.82. The molecule has 0 aliphatic rings. The van der Waals surface area contributed by atoms with Crippen LogP contribution >= 0.6 is 23.4 Å². The number of thioether (sulfide) groups is 1. The summed E-state index contributed by atoms with van der Waals surface area (Å²) in [5, 5.41) is 10.00. The third-order valence-corrected chi connectivity index (χ3v) is 5.09. The Morgan fingerprint density at radius 2 is 1.85 bits per heavy atom. The zero-order valence-corrected chi connectivity index (χ0v) is 17.2. The van der Waals surface area contributed by atoms with Gasteiger partial charge in [0.15, 0.2) is 5.96 Å². The zero-order chi connectivity index (χ0) is 19.5. The Kier molecular flexibility index (Phi) is 9.01. The number of amides is 1. The number of nitrogens with zero attached hydrogens (tertiary/aromatic N) is 1. The molecule has 0 heterocycles. The van der Waals surface area contributed by atoms with E-state index < -0.39 is 0 Å². The fourth-order valence-electron chi connectivity index (χ4n) is 2.43. The first kappa shape index (κ1) is 21.1. The Morgan fingerprint density at radius 3 is 2.56 bits per heavy atom. The van der Waals surface area contributed by atoms with Crippen molar-refractivity contribution in [2.75, 3.05) is 32.9 Å². The molecule has 0 saturated carbocycles. The van der Waals surface area contributed by atoms with Gasteiger partial charge in [0.05, 0.1) is 0 Å². The molecule has 0 unspecified atom stereocenters. The minimum Gasteiger partial charge on any atom is -0.356 e. The second kappa shape index (κ2) is 11.5. The average Bonchev–Trinajstić information content (AvgIpc) is 2.70. The van der Waals surface area contributed by atoms with Crippen molar-refractivity contribution in [1.82, 2.24) is 16.0 Å². The number of hydrogen-bond acceptors (Lipinski definition) is 3. The summed E-state index contributed by atoms with van der Waals surface area (Å²) in [4.78, 5) is 17.1. The maximum Gasteiger partial charge on any atom is 0.251 e. The van der Waals surface area contributed by atoms with Crippen molar-refractivity contribution < 1.29 is 4.79 Å². The molecule has 0 bridgehead atoms. The van der Waals surface area contributed by atoms with Crippen LogP contribution < -0.4 is 16.0 Å². The summed E-state index contributed by atoms with van der Waals surface area (Å²) >= 11 is 7.66. The molecular weight excluding hydrogens is 380 g/mol. The SMILES string of the molecule is CN=C(NCCSc1ccc(Cl)cc1)NCCc1cccc(C(=O)NC)c1. The van der Waals surface area contributed by atoms with Crippen molar-refractivity contribution in [1.29, 1.82) is 0 Å². The van der Waals surface area contributed by atoms with Gasteiger partial charge in [0.25, 0.3) is 5.91 Å². The Morgan fingerprint density at radius 1 is 1.11 bits per heavy atom. The van der Waals surface area contributed by atoms with Gasteiger partial charge in [0.1, 0.15) is 0 Å². The molecule has 144 valence electrons. The van der Waals surface area contributed by atoms with Gasteiger partial charge in [-0.3, -0.25) is 9.79 Å². The number of carbonyl (C=O) groups is 1. The Balaban J connectivity index is 1.69.